The van der Waals surface area contributed by atoms with Crippen LogP contribution in [0.1, 0.15) is 94.1 Å². The van der Waals surface area contributed by atoms with Gasteiger partial charge in [-0.25, -0.2) is 0 Å². The lowest BCUT2D eigenvalue weighted by Crippen LogP contribution is -2.04. The summed E-state index contributed by atoms with van der Waals surface area (Å²) < 4.78 is 0. The molecule has 0 saturated heterocycles. The smallest absolute Gasteiger partial charge is 0.0436 e. The summed E-state index contributed by atoms with van der Waals surface area (Å²) in [5, 5.41) is 18.5. The summed E-state index contributed by atoms with van der Waals surface area (Å²) in [5.74, 6) is 1.86. The standard InChI is InChI=1S/C28H42O2/c1-24(13-11-20-28(21-23-30)26-16-6-3-7-17-26)12-10-19-27(18-8-9-22-29)25-14-4-2-5-15-25/h2-7,14-17,24,27-30H,8-13,18-23H2,1H3. The quantitative estimate of drug-likeness (QED) is 0.290. The van der Waals surface area contributed by atoms with Gasteiger partial charge in [-0.2, -0.15) is 0 Å². The van der Waals surface area contributed by atoms with Gasteiger partial charge in [0.2, 0.25) is 0 Å². The van der Waals surface area contributed by atoms with E-state index in [1.54, 1.807) is 0 Å². The highest BCUT2D eigenvalue weighted by atomic mass is 16.3. The summed E-state index contributed by atoms with van der Waals surface area (Å²) in [5.41, 5.74) is 2.82. The van der Waals surface area contributed by atoms with Crippen LogP contribution < -0.4 is 0 Å². The Bertz CT molecular complexity index is 640. The minimum Gasteiger partial charge on any atom is -0.396 e. The number of aliphatic hydroxyl groups excluding tert-OH is 2. The molecule has 2 aromatic rings. The molecule has 2 heteroatoms. The van der Waals surface area contributed by atoms with E-state index >= 15 is 0 Å². The van der Waals surface area contributed by atoms with Gasteiger partial charge in [-0.15, -0.1) is 0 Å². The molecule has 0 aromatic heterocycles. The van der Waals surface area contributed by atoms with Gasteiger partial charge in [0.25, 0.3) is 0 Å². The van der Waals surface area contributed by atoms with Gasteiger partial charge in [0, 0.05) is 13.2 Å². The summed E-state index contributed by atoms with van der Waals surface area (Å²) >= 11 is 0. The monoisotopic (exact) mass is 410 g/mol. The third-order valence-corrected chi connectivity index (χ3v) is 6.48. The second-order valence-electron chi connectivity index (χ2n) is 8.91. The van der Waals surface area contributed by atoms with Gasteiger partial charge in [-0.05, 0) is 61.0 Å². The van der Waals surface area contributed by atoms with E-state index in [0.717, 1.165) is 25.2 Å². The SMILES string of the molecule is CC(CCCC(CCO)c1ccccc1)CCCC(CCCCO)c1ccccc1. The van der Waals surface area contributed by atoms with Crippen molar-refractivity contribution in [1.82, 2.24) is 0 Å². The van der Waals surface area contributed by atoms with Crippen LogP contribution >= 0.6 is 0 Å². The molecule has 0 aliphatic carbocycles. The Morgan fingerprint density at radius 1 is 0.533 bits per heavy atom. The van der Waals surface area contributed by atoms with Crippen LogP contribution in [0.25, 0.3) is 0 Å². The molecule has 0 aliphatic heterocycles. The molecule has 0 fully saturated rings. The summed E-state index contributed by atoms with van der Waals surface area (Å²) in [6.45, 7) is 2.97. The van der Waals surface area contributed by atoms with Gasteiger partial charge in [0.05, 0.1) is 0 Å². The van der Waals surface area contributed by atoms with Crippen LogP contribution in [0.15, 0.2) is 60.7 Å². The molecule has 0 bridgehead atoms. The zero-order valence-electron chi connectivity index (χ0n) is 18.9. The second-order valence-corrected chi connectivity index (χ2v) is 8.91. The first-order chi connectivity index (χ1) is 14.7. The fourth-order valence-electron chi connectivity index (χ4n) is 4.63. The lowest BCUT2D eigenvalue weighted by molar-refractivity contribution is 0.270. The largest absolute Gasteiger partial charge is 0.396 e. The molecule has 0 radical (unpaired) electrons. The van der Waals surface area contributed by atoms with Crippen molar-refractivity contribution in [2.75, 3.05) is 13.2 Å². The highest BCUT2D eigenvalue weighted by Gasteiger charge is 2.14. The van der Waals surface area contributed by atoms with Gasteiger partial charge in [-0.3, -0.25) is 0 Å². The summed E-state index contributed by atoms with van der Waals surface area (Å²) in [7, 11) is 0. The van der Waals surface area contributed by atoms with Crippen molar-refractivity contribution < 1.29 is 10.2 Å². The van der Waals surface area contributed by atoms with Crippen LogP contribution in [0.3, 0.4) is 0 Å². The molecule has 166 valence electrons. The third-order valence-electron chi connectivity index (χ3n) is 6.48. The molecular formula is C28H42O2. The number of rotatable bonds is 16. The van der Waals surface area contributed by atoms with Gasteiger partial charge in [0.15, 0.2) is 0 Å². The Labute approximate surface area is 184 Å². The van der Waals surface area contributed by atoms with Crippen molar-refractivity contribution >= 4 is 0 Å². The predicted molar refractivity (Wildman–Crippen MR) is 128 cm³/mol. The molecule has 30 heavy (non-hydrogen) atoms. The number of hydrogen-bond acceptors (Lipinski definition) is 2. The Kier molecular flexibility index (Phi) is 12.5. The van der Waals surface area contributed by atoms with Crippen LogP contribution in [0.5, 0.6) is 0 Å². The second kappa shape index (κ2) is 15.2. The van der Waals surface area contributed by atoms with Crippen molar-refractivity contribution in [3.05, 3.63) is 71.8 Å². The lowest BCUT2D eigenvalue weighted by atomic mass is 9.86. The van der Waals surface area contributed by atoms with Gasteiger partial charge in [-0.1, -0.05) is 99.7 Å². The average Bonchev–Trinajstić information content (AvgIpc) is 2.79. The molecule has 0 amide bonds. The molecule has 0 saturated carbocycles. The van der Waals surface area contributed by atoms with Crippen molar-refractivity contribution in [3.8, 4) is 0 Å². The number of aliphatic hydroxyl groups is 2. The summed E-state index contributed by atoms with van der Waals surface area (Å²) in [6.07, 6.45) is 11.6. The van der Waals surface area contributed by atoms with E-state index in [2.05, 4.69) is 67.6 Å². The minimum absolute atomic E-state index is 0.270. The molecule has 3 atom stereocenters. The molecule has 2 N–H and O–H groups in total. The predicted octanol–water partition coefficient (Wildman–Crippen LogP) is 7.08. The maximum atomic E-state index is 9.43. The van der Waals surface area contributed by atoms with E-state index < -0.39 is 0 Å². The first-order valence-electron chi connectivity index (χ1n) is 12.1. The van der Waals surface area contributed by atoms with Gasteiger partial charge in [0.1, 0.15) is 0 Å². The zero-order valence-corrected chi connectivity index (χ0v) is 18.9. The fourth-order valence-corrected chi connectivity index (χ4v) is 4.63. The van der Waals surface area contributed by atoms with Crippen LogP contribution in [0.4, 0.5) is 0 Å². The minimum atomic E-state index is 0.270. The molecule has 2 nitrogen and oxygen atoms in total. The third kappa shape index (κ3) is 9.45. The van der Waals surface area contributed by atoms with Crippen molar-refractivity contribution in [3.63, 3.8) is 0 Å². The maximum absolute atomic E-state index is 9.43. The van der Waals surface area contributed by atoms with Crippen molar-refractivity contribution in [1.29, 1.82) is 0 Å². The van der Waals surface area contributed by atoms with Crippen molar-refractivity contribution in [2.24, 2.45) is 5.92 Å². The Hall–Kier alpha value is -1.64. The van der Waals surface area contributed by atoms with Crippen LogP contribution in [-0.4, -0.2) is 23.4 Å². The molecule has 0 spiro atoms. The average molecular weight is 411 g/mol. The number of hydrogen-bond donors (Lipinski definition) is 2. The number of benzene rings is 2. The van der Waals surface area contributed by atoms with Crippen LogP contribution in [0.2, 0.25) is 0 Å². The lowest BCUT2D eigenvalue weighted by Gasteiger charge is -2.20. The highest BCUT2D eigenvalue weighted by molar-refractivity contribution is 5.20. The first kappa shape index (κ1) is 24.6. The first-order valence-corrected chi connectivity index (χ1v) is 12.1. The van der Waals surface area contributed by atoms with E-state index in [0.29, 0.717) is 18.4 Å². The van der Waals surface area contributed by atoms with E-state index in [1.165, 1.54) is 56.1 Å². The highest BCUT2D eigenvalue weighted by Crippen LogP contribution is 2.30. The number of unbranched alkanes of at least 4 members (excludes halogenated alkanes) is 1. The van der Waals surface area contributed by atoms with E-state index in [9.17, 15) is 5.11 Å². The zero-order chi connectivity index (χ0) is 21.4. The molecule has 2 rings (SSSR count). The molecular weight excluding hydrogens is 368 g/mol. The Balaban J connectivity index is 1.72. The molecule has 3 unspecified atom stereocenters. The van der Waals surface area contributed by atoms with Gasteiger partial charge < -0.3 is 10.2 Å². The topological polar surface area (TPSA) is 40.5 Å². The summed E-state index contributed by atoms with van der Waals surface area (Å²) in [4.78, 5) is 0. The van der Waals surface area contributed by atoms with Crippen molar-refractivity contribution in [2.45, 2.75) is 83.0 Å². The van der Waals surface area contributed by atoms with E-state index in [4.69, 9.17) is 5.11 Å². The van der Waals surface area contributed by atoms with Crippen LogP contribution in [0, 0.1) is 5.92 Å². The molecule has 0 aliphatic rings. The fraction of sp³-hybridized carbons (Fsp3) is 0.571. The van der Waals surface area contributed by atoms with E-state index in [-0.39, 0.29) is 6.61 Å². The van der Waals surface area contributed by atoms with Gasteiger partial charge >= 0.3 is 0 Å². The Morgan fingerprint density at radius 3 is 1.47 bits per heavy atom. The van der Waals surface area contributed by atoms with Crippen LogP contribution in [-0.2, 0) is 0 Å². The Morgan fingerprint density at radius 2 is 1.00 bits per heavy atom. The summed E-state index contributed by atoms with van der Waals surface area (Å²) in [6, 6.07) is 21.6. The molecule has 2 aromatic carbocycles. The van der Waals surface area contributed by atoms with E-state index in [1.807, 2.05) is 0 Å². The maximum Gasteiger partial charge on any atom is 0.0436 e. The normalized spacial score (nSPS) is 14.4. The molecule has 0 heterocycles.